The molecule has 0 saturated carbocycles. The first-order chi connectivity index (χ1) is 15.3. The van der Waals surface area contributed by atoms with Crippen LogP contribution in [0.2, 0.25) is 0 Å². The number of rotatable bonds is 5. The van der Waals surface area contributed by atoms with Gasteiger partial charge >= 0.3 is 0 Å². The number of fused-ring (bicyclic) bond motifs is 1. The lowest BCUT2D eigenvalue weighted by molar-refractivity contribution is -0.114. The number of amides is 2. The summed E-state index contributed by atoms with van der Waals surface area (Å²) in [6, 6.07) is 13.7. The van der Waals surface area contributed by atoms with Crippen LogP contribution in [0.3, 0.4) is 0 Å². The fourth-order valence-corrected chi connectivity index (χ4v) is 4.01. The van der Waals surface area contributed by atoms with Crippen molar-refractivity contribution in [2.24, 2.45) is 0 Å². The molecule has 0 saturated heterocycles. The second kappa shape index (κ2) is 8.84. The molecule has 0 radical (unpaired) electrons. The Morgan fingerprint density at radius 3 is 2.53 bits per heavy atom. The number of carbonyl (C=O) groups is 2. The molecule has 0 bridgehead atoms. The quantitative estimate of drug-likeness (QED) is 0.402. The summed E-state index contributed by atoms with van der Waals surface area (Å²) in [5.41, 5.74) is 3.15. The van der Waals surface area contributed by atoms with E-state index in [1.54, 1.807) is 23.6 Å². The molecular formula is C24H21FN4O2S. The maximum Gasteiger partial charge on any atom is 0.258 e. The van der Waals surface area contributed by atoms with Crippen LogP contribution in [0.1, 0.15) is 42.7 Å². The van der Waals surface area contributed by atoms with Crippen molar-refractivity contribution in [3.8, 4) is 11.3 Å². The summed E-state index contributed by atoms with van der Waals surface area (Å²) in [5, 5.41) is 8.16. The zero-order valence-corrected chi connectivity index (χ0v) is 18.6. The highest BCUT2D eigenvalue weighted by Gasteiger charge is 2.17. The number of benzene rings is 2. The molecule has 2 aromatic heterocycles. The molecule has 4 aromatic rings. The molecule has 8 heteroatoms. The van der Waals surface area contributed by atoms with Crippen molar-refractivity contribution in [1.29, 1.82) is 0 Å². The minimum atomic E-state index is -0.513. The summed E-state index contributed by atoms with van der Waals surface area (Å²) in [6.07, 6.45) is 0. The van der Waals surface area contributed by atoms with E-state index in [0.717, 1.165) is 16.6 Å². The predicted octanol–water partition coefficient (Wildman–Crippen LogP) is 5.83. The highest BCUT2D eigenvalue weighted by Crippen LogP contribution is 2.30. The summed E-state index contributed by atoms with van der Waals surface area (Å²) >= 11 is 1.21. The van der Waals surface area contributed by atoms with Crippen LogP contribution in [0.5, 0.6) is 0 Å². The average molecular weight is 449 g/mol. The number of hydrogen-bond donors (Lipinski definition) is 2. The number of nitrogens with zero attached hydrogens (tertiary/aromatic N) is 2. The fourth-order valence-electron chi connectivity index (χ4n) is 3.30. The average Bonchev–Trinajstić information content (AvgIpc) is 3.20. The lowest BCUT2D eigenvalue weighted by Crippen LogP contribution is -2.13. The largest absolute Gasteiger partial charge is 0.326 e. The zero-order valence-electron chi connectivity index (χ0n) is 17.8. The summed E-state index contributed by atoms with van der Waals surface area (Å²) < 4.78 is 14.5. The van der Waals surface area contributed by atoms with Gasteiger partial charge in [-0.05, 0) is 36.2 Å². The van der Waals surface area contributed by atoms with Crippen LogP contribution in [0.15, 0.2) is 53.9 Å². The van der Waals surface area contributed by atoms with Crippen LogP contribution >= 0.6 is 11.3 Å². The molecule has 0 spiro atoms. The fraction of sp³-hybridized carbons (Fsp3) is 0.167. The Bertz CT molecular complexity index is 1330. The maximum atomic E-state index is 14.5. The van der Waals surface area contributed by atoms with Gasteiger partial charge in [0.05, 0.1) is 16.8 Å². The van der Waals surface area contributed by atoms with Crippen molar-refractivity contribution < 1.29 is 14.0 Å². The Morgan fingerprint density at radius 2 is 1.81 bits per heavy atom. The molecule has 2 amide bonds. The van der Waals surface area contributed by atoms with E-state index < -0.39 is 5.82 Å². The lowest BCUT2D eigenvalue weighted by Gasteiger charge is -2.11. The summed E-state index contributed by atoms with van der Waals surface area (Å²) in [7, 11) is 0. The van der Waals surface area contributed by atoms with Crippen LogP contribution < -0.4 is 10.6 Å². The number of anilines is 2. The second-order valence-electron chi connectivity index (χ2n) is 7.63. The van der Waals surface area contributed by atoms with Gasteiger partial charge in [0.2, 0.25) is 5.91 Å². The first kappa shape index (κ1) is 21.6. The van der Waals surface area contributed by atoms with E-state index in [9.17, 15) is 14.0 Å². The van der Waals surface area contributed by atoms with Crippen molar-refractivity contribution in [1.82, 2.24) is 9.97 Å². The van der Waals surface area contributed by atoms with E-state index in [4.69, 9.17) is 0 Å². The molecule has 32 heavy (non-hydrogen) atoms. The van der Waals surface area contributed by atoms with E-state index >= 15 is 0 Å². The Kier molecular flexibility index (Phi) is 5.96. The molecule has 0 atom stereocenters. The third kappa shape index (κ3) is 4.50. The van der Waals surface area contributed by atoms with E-state index in [0.29, 0.717) is 22.1 Å². The van der Waals surface area contributed by atoms with Gasteiger partial charge in [0.15, 0.2) is 5.13 Å². The third-order valence-electron chi connectivity index (χ3n) is 4.86. The molecule has 0 fully saturated rings. The van der Waals surface area contributed by atoms with Gasteiger partial charge in [-0.3, -0.25) is 19.9 Å². The Morgan fingerprint density at radius 1 is 1.03 bits per heavy atom. The summed E-state index contributed by atoms with van der Waals surface area (Å²) in [4.78, 5) is 33.3. The molecule has 0 aliphatic rings. The molecule has 0 aliphatic carbocycles. The molecule has 2 aromatic carbocycles. The molecule has 0 unspecified atom stereocenters. The van der Waals surface area contributed by atoms with Crippen LogP contribution in [-0.4, -0.2) is 21.8 Å². The van der Waals surface area contributed by atoms with E-state index in [1.165, 1.54) is 24.3 Å². The van der Waals surface area contributed by atoms with Crippen LogP contribution in [0.25, 0.3) is 22.2 Å². The standard InChI is InChI=1S/C24H21FN4O2S/c1-13(2)21-11-18(16-6-4-5-7-20(16)27-21)23(31)29-24-28-22(12-32-24)17-9-8-15(10-19(17)25)26-14(3)30/h4-13H,1-3H3,(H,26,30)(H,28,29,31). The van der Waals surface area contributed by atoms with Crippen molar-refractivity contribution in [3.63, 3.8) is 0 Å². The number of thiazole rings is 1. The van der Waals surface area contributed by atoms with E-state index in [2.05, 4.69) is 20.6 Å². The van der Waals surface area contributed by atoms with Gasteiger partial charge < -0.3 is 5.32 Å². The smallest absolute Gasteiger partial charge is 0.258 e. The minimum Gasteiger partial charge on any atom is -0.326 e. The minimum absolute atomic E-state index is 0.168. The summed E-state index contributed by atoms with van der Waals surface area (Å²) in [6.45, 7) is 5.41. The zero-order chi connectivity index (χ0) is 22.8. The molecule has 6 nitrogen and oxygen atoms in total. The van der Waals surface area contributed by atoms with Gasteiger partial charge in [-0.15, -0.1) is 11.3 Å². The van der Waals surface area contributed by atoms with Crippen LogP contribution in [-0.2, 0) is 4.79 Å². The van der Waals surface area contributed by atoms with Gasteiger partial charge in [-0.1, -0.05) is 32.0 Å². The number of aromatic nitrogens is 2. The molecule has 162 valence electrons. The summed E-state index contributed by atoms with van der Waals surface area (Å²) in [5.74, 6) is -0.921. The second-order valence-corrected chi connectivity index (χ2v) is 8.49. The van der Waals surface area contributed by atoms with Gasteiger partial charge in [-0.25, -0.2) is 9.37 Å². The maximum absolute atomic E-state index is 14.5. The first-order valence-electron chi connectivity index (χ1n) is 10.1. The first-order valence-corrected chi connectivity index (χ1v) is 10.9. The van der Waals surface area contributed by atoms with Crippen LogP contribution in [0, 0.1) is 5.82 Å². The van der Waals surface area contributed by atoms with E-state index in [-0.39, 0.29) is 23.3 Å². The van der Waals surface area contributed by atoms with E-state index in [1.807, 2.05) is 38.1 Å². The van der Waals surface area contributed by atoms with Gasteiger partial charge in [0.1, 0.15) is 5.82 Å². The predicted molar refractivity (Wildman–Crippen MR) is 126 cm³/mol. The number of nitrogens with one attached hydrogen (secondary N) is 2. The molecule has 2 N–H and O–H groups in total. The Labute approximate surface area is 188 Å². The normalized spacial score (nSPS) is 11.0. The SMILES string of the molecule is CC(=O)Nc1ccc(-c2csc(NC(=O)c3cc(C(C)C)nc4ccccc34)n2)c(F)c1. The molecule has 0 aliphatic heterocycles. The van der Waals surface area contributed by atoms with Crippen molar-refractivity contribution in [2.75, 3.05) is 10.6 Å². The molecule has 4 rings (SSSR count). The highest BCUT2D eigenvalue weighted by atomic mass is 32.1. The van der Waals surface area contributed by atoms with Crippen LogP contribution in [0.4, 0.5) is 15.2 Å². The highest BCUT2D eigenvalue weighted by molar-refractivity contribution is 7.14. The molecular weight excluding hydrogens is 427 g/mol. The number of halogens is 1. The number of carbonyl (C=O) groups excluding carboxylic acids is 2. The third-order valence-corrected chi connectivity index (χ3v) is 5.62. The number of para-hydroxylation sites is 1. The van der Waals surface area contributed by atoms with Crippen molar-refractivity contribution in [2.45, 2.75) is 26.7 Å². The van der Waals surface area contributed by atoms with Gasteiger partial charge in [-0.2, -0.15) is 0 Å². The number of hydrogen-bond acceptors (Lipinski definition) is 5. The number of pyridine rings is 1. The van der Waals surface area contributed by atoms with Crippen molar-refractivity contribution >= 4 is 44.9 Å². The topological polar surface area (TPSA) is 84.0 Å². The monoisotopic (exact) mass is 448 g/mol. The Hall–Kier alpha value is -3.65. The van der Waals surface area contributed by atoms with Gasteiger partial charge in [0.25, 0.3) is 5.91 Å². The van der Waals surface area contributed by atoms with Gasteiger partial charge in [0, 0.05) is 34.6 Å². The molecule has 2 heterocycles. The Balaban J connectivity index is 1.61. The van der Waals surface area contributed by atoms with Crippen molar-refractivity contribution in [3.05, 3.63) is 71.0 Å². The lowest BCUT2D eigenvalue weighted by atomic mass is 10.0.